The van der Waals surface area contributed by atoms with Crippen molar-refractivity contribution < 1.29 is 13.6 Å². The predicted octanol–water partition coefficient (Wildman–Crippen LogP) is 7.02. The molecule has 180 valence electrons. The number of furan rings is 1. The van der Waals surface area contributed by atoms with Crippen molar-refractivity contribution in [3.8, 4) is 22.5 Å². The van der Waals surface area contributed by atoms with Gasteiger partial charge >= 0.3 is 0 Å². The Balaban J connectivity index is 1.52. The molecular weight excluding hydrogens is 455 g/mol. The highest BCUT2D eigenvalue weighted by atomic mass is 19.1. The largest absolute Gasteiger partial charge is 0.437 e. The van der Waals surface area contributed by atoms with Crippen LogP contribution in [0.4, 0.5) is 15.9 Å². The van der Waals surface area contributed by atoms with E-state index in [1.54, 1.807) is 0 Å². The van der Waals surface area contributed by atoms with Gasteiger partial charge < -0.3 is 15.1 Å². The van der Waals surface area contributed by atoms with Crippen LogP contribution in [0.2, 0.25) is 0 Å². The lowest BCUT2D eigenvalue weighted by atomic mass is 9.99. The van der Waals surface area contributed by atoms with E-state index in [4.69, 9.17) is 4.42 Å². The number of fused-ring (bicyclic) bond motifs is 1. The van der Waals surface area contributed by atoms with E-state index < -0.39 is 0 Å². The fourth-order valence-corrected chi connectivity index (χ4v) is 3.96. The molecule has 0 saturated carbocycles. The van der Waals surface area contributed by atoms with E-state index in [1.165, 1.54) is 30.6 Å². The summed E-state index contributed by atoms with van der Waals surface area (Å²) in [5, 5.41) is 7.10. The summed E-state index contributed by atoms with van der Waals surface area (Å²) in [6.07, 6.45) is 1.50. The van der Waals surface area contributed by atoms with Gasteiger partial charge in [-0.15, -0.1) is 0 Å². The van der Waals surface area contributed by atoms with Gasteiger partial charge in [0.2, 0.25) is 5.71 Å². The lowest BCUT2D eigenvalue weighted by Gasteiger charge is -2.10. The second kappa shape index (κ2) is 10.00. The van der Waals surface area contributed by atoms with Crippen molar-refractivity contribution in [3.05, 3.63) is 96.6 Å². The van der Waals surface area contributed by atoms with Gasteiger partial charge in [-0.25, -0.2) is 14.4 Å². The Morgan fingerprint density at radius 3 is 2.33 bits per heavy atom. The fraction of sp³-hybridized carbons (Fsp3) is 0.138. The zero-order valence-corrected chi connectivity index (χ0v) is 20.0. The molecule has 2 aromatic heterocycles. The Hall–Kier alpha value is -4.52. The van der Waals surface area contributed by atoms with Crippen molar-refractivity contribution >= 4 is 28.5 Å². The van der Waals surface area contributed by atoms with Crippen molar-refractivity contribution in [2.45, 2.75) is 13.8 Å². The molecule has 0 bridgehead atoms. The van der Waals surface area contributed by atoms with E-state index in [0.29, 0.717) is 28.6 Å². The zero-order chi connectivity index (χ0) is 25.1. The number of hydrogen-bond acceptors (Lipinski definition) is 5. The molecule has 1 amide bonds. The Morgan fingerprint density at radius 1 is 0.917 bits per heavy atom. The number of hydrogen-bond donors (Lipinski definition) is 2. The standard InChI is InChI=1S/C29H25FN4O2/c1-18(2)16-31-27-25-24(19-6-4-3-5-7-19)26(36-29(25)33-17-32-27)20-10-14-23(15-11-20)34-28(35)21-8-12-22(30)13-9-21/h3-15,17-18H,16H2,1-2H3,(H,34,35)(H,31,32,33). The fourth-order valence-electron chi connectivity index (χ4n) is 3.96. The van der Waals surface area contributed by atoms with Crippen molar-refractivity contribution in [3.63, 3.8) is 0 Å². The number of nitrogens with one attached hydrogen (secondary N) is 2. The lowest BCUT2D eigenvalue weighted by molar-refractivity contribution is 0.102. The van der Waals surface area contributed by atoms with E-state index in [1.807, 2.05) is 54.6 Å². The summed E-state index contributed by atoms with van der Waals surface area (Å²) in [7, 11) is 0. The van der Waals surface area contributed by atoms with Gasteiger partial charge in [-0.05, 0) is 60.0 Å². The number of halogens is 1. The quantitative estimate of drug-likeness (QED) is 0.262. The number of amides is 1. The summed E-state index contributed by atoms with van der Waals surface area (Å²) in [4.78, 5) is 21.4. The van der Waals surface area contributed by atoms with E-state index in [2.05, 4.69) is 34.4 Å². The SMILES string of the molecule is CC(C)CNc1ncnc2oc(-c3ccc(NC(=O)c4ccc(F)cc4)cc3)c(-c3ccccc3)c12. The highest BCUT2D eigenvalue weighted by Crippen LogP contribution is 2.42. The topological polar surface area (TPSA) is 80.1 Å². The minimum Gasteiger partial charge on any atom is -0.437 e. The van der Waals surface area contributed by atoms with Crippen LogP contribution >= 0.6 is 0 Å². The number of carbonyl (C=O) groups excluding carboxylic acids is 1. The van der Waals surface area contributed by atoms with E-state index in [0.717, 1.165) is 34.4 Å². The third-order valence-corrected chi connectivity index (χ3v) is 5.74. The molecule has 0 aliphatic heterocycles. The molecule has 3 aromatic carbocycles. The molecule has 0 saturated heterocycles. The molecule has 0 aliphatic rings. The first kappa shape index (κ1) is 23.2. The average Bonchev–Trinajstić information content (AvgIpc) is 3.29. The Labute approximate surface area is 208 Å². The molecule has 0 spiro atoms. The summed E-state index contributed by atoms with van der Waals surface area (Å²) >= 11 is 0. The van der Waals surface area contributed by atoms with Gasteiger partial charge in [0.15, 0.2) is 0 Å². The first-order valence-corrected chi connectivity index (χ1v) is 11.7. The van der Waals surface area contributed by atoms with Crippen LogP contribution in [0.25, 0.3) is 33.6 Å². The number of anilines is 2. The van der Waals surface area contributed by atoms with Crippen LogP contribution in [0.1, 0.15) is 24.2 Å². The first-order valence-electron chi connectivity index (χ1n) is 11.7. The molecule has 2 heterocycles. The Morgan fingerprint density at radius 2 is 1.64 bits per heavy atom. The average molecular weight is 481 g/mol. The van der Waals surface area contributed by atoms with Gasteiger partial charge in [0, 0.05) is 28.9 Å². The number of nitrogens with zero attached hydrogens (tertiary/aromatic N) is 2. The van der Waals surface area contributed by atoms with Crippen LogP contribution in [0.3, 0.4) is 0 Å². The summed E-state index contributed by atoms with van der Waals surface area (Å²) in [5.41, 5.74) is 4.22. The maximum atomic E-state index is 13.2. The van der Waals surface area contributed by atoms with Crippen LogP contribution in [-0.4, -0.2) is 22.4 Å². The van der Waals surface area contributed by atoms with Crippen molar-refractivity contribution in [1.29, 1.82) is 0 Å². The van der Waals surface area contributed by atoms with Crippen molar-refractivity contribution in [2.24, 2.45) is 5.92 Å². The lowest BCUT2D eigenvalue weighted by Crippen LogP contribution is -2.11. The third kappa shape index (κ3) is 4.81. The summed E-state index contributed by atoms with van der Waals surface area (Å²) in [5.74, 6) is 1.14. The molecule has 36 heavy (non-hydrogen) atoms. The molecule has 0 fully saturated rings. The van der Waals surface area contributed by atoms with Crippen molar-refractivity contribution in [2.75, 3.05) is 17.2 Å². The molecule has 0 unspecified atom stereocenters. The number of rotatable bonds is 7. The summed E-state index contributed by atoms with van der Waals surface area (Å²) < 4.78 is 19.4. The molecular formula is C29H25FN4O2. The number of aromatic nitrogens is 2. The van der Waals surface area contributed by atoms with Crippen LogP contribution < -0.4 is 10.6 Å². The van der Waals surface area contributed by atoms with Gasteiger partial charge in [0.1, 0.15) is 23.7 Å². The molecule has 5 aromatic rings. The second-order valence-electron chi connectivity index (χ2n) is 8.89. The van der Waals surface area contributed by atoms with E-state index in [-0.39, 0.29) is 11.7 Å². The molecule has 0 atom stereocenters. The molecule has 0 aliphatic carbocycles. The summed E-state index contributed by atoms with van der Waals surface area (Å²) in [6.45, 7) is 5.05. The van der Waals surface area contributed by atoms with E-state index in [9.17, 15) is 9.18 Å². The van der Waals surface area contributed by atoms with Crippen LogP contribution in [-0.2, 0) is 0 Å². The van der Waals surface area contributed by atoms with Crippen LogP contribution in [0.15, 0.2) is 89.6 Å². The number of benzene rings is 3. The smallest absolute Gasteiger partial charge is 0.255 e. The van der Waals surface area contributed by atoms with Gasteiger partial charge in [-0.2, -0.15) is 0 Å². The van der Waals surface area contributed by atoms with Crippen LogP contribution in [0.5, 0.6) is 0 Å². The van der Waals surface area contributed by atoms with Gasteiger partial charge in [0.05, 0.1) is 5.39 Å². The van der Waals surface area contributed by atoms with Gasteiger partial charge in [-0.3, -0.25) is 4.79 Å². The molecule has 6 nitrogen and oxygen atoms in total. The Bertz CT molecular complexity index is 1490. The third-order valence-electron chi connectivity index (χ3n) is 5.74. The zero-order valence-electron chi connectivity index (χ0n) is 20.0. The minimum atomic E-state index is -0.386. The van der Waals surface area contributed by atoms with Crippen molar-refractivity contribution in [1.82, 2.24) is 9.97 Å². The Kier molecular flexibility index (Phi) is 6.45. The summed E-state index contributed by atoms with van der Waals surface area (Å²) in [6, 6.07) is 22.8. The van der Waals surface area contributed by atoms with E-state index >= 15 is 0 Å². The molecule has 2 N–H and O–H groups in total. The first-order chi connectivity index (χ1) is 17.5. The molecule has 5 rings (SSSR count). The monoisotopic (exact) mass is 480 g/mol. The molecule has 7 heteroatoms. The maximum absolute atomic E-state index is 13.2. The maximum Gasteiger partial charge on any atom is 0.255 e. The highest BCUT2D eigenvalue weighted by Gasteiger charge is 2.22. The number of carbonyl (C=O) groups is 1. The second-order valence-corrected chi connectivity index (χ2v) is 8.89. The predicted molar refractivity (Wildman–Crippen MR) is 140 cm³/mol. The molecule has 0 radical (unpaired) electrons. The highest BCUT2D eigenvalue weighted by molar-refractivity contribution is 6.06. The van der Waals surface area contributed by atoms with Gasteiger partial charge in [-0.1, -0.05) is 44.2 Å². The van der Waals surface area contributed by atoms with Gasteiger partial charge in [0.25, 0.3) is 5.91 Å². The normalized spacial score (nSPS) is 11.1. The minimum absolute atomic E-state index is 0.312. The van der Waals surface area contributed by atoms with Crippen LogP contribution in [0, 0.1) is 11.7 Å².